The number of esters is 1. The maximum Gasteiger partial charge on any atom is 0.339 e. The van der Waals surface area contributed by atoms with Gasteiger partial charge in [-0.25, -0.2) is 17.9 Å². The Morgan fingerprint density at radius 2 is 1.88 bits per heavy atom. The highest BCUT2D eigenvalue weighted by molar-refractivity contribution is 7.89. The van der Waals surface area contributed by atoms with Crippen LogP contribution in [0.3, 0.4) is 0 Å². The van der Waals surface area contributed by atoms with Crippen LogP contribution in [-0.4, -0.2) is 21.5 Å². The number of carbonyl (C=O) groups is 1. The Morgan fingerprint density at radius 1 is 1.21 bits per heavy atom. The van der Waals surface area contributed by atoms with E-state index < -0.39 is 16.0 Å². The fourth-order valence-corrected chi connectivity index (χ4v) is 3.79. The average Bonchev–Trinajstić information content (AvgIpc) is 2.60. The van der Waals surface area contributed by atoms with Gasteiger partial charge in [0, 0.05) is 6.04 Å². The smallest absolute Gasteiger partial charge is 0.339 e. The molecule has 0 aliphatic carbocycles. The molecule has 0 aromatic heterocycles. The summed E-state index contributed by atoms with van der Waals surface area (Å²) < 4.78 is 32.6. The number of hydrogen-bond acceptors (Lipinski definition) is 4. The van der Waals surface area contributed by atoms with E-state index in [0.717, 1.165) is 5.56 Å². The first kappa shape index (κ1) is 18.4. The minimum atomic E-state index is -3.82. The number of hydrogen-bond donors (Lipinski definition) is 1. The molecule has 0 aliphatic heterocycles. The molecule has 0 spiro atoms. The summed E-state index contributed by atoms with van der Waals surface area (Å²) in [6.45, 7) is 1.89. The molecular weight excluding hydrogens is 350 g/mol. The molecule has 1 atom stereocenters. The maximum atomic E-state index is 12.6. The largest absolute Gasteiger partial charge is 0.465 e. The van der Waals surface area contributed by atoms with Gasteiger partial charge in [0.1, 0.15) is 0 Å². The van der Waals surface area contributed by atoms with Gasteiger partial charge < -0.3 is 4.74 Å². The average molecular weight is 368 g/mol. The van der Waals surface area contributed by atoms with Crippen molar-refractivity contribution in [2.45, 2.75) is 24.3 Å². The molecule has 0 aliphatic rings. The first-order chi connectivity index (χ1) is 11.4. The molecule has 0 saturated carbocycles. The number of nitrogens with one attached hydrogen (secondary N) is 1. The van der Waals surface area contributed by atoms with Crippen LogP contribution in [0, 0.1) is 0 Å². The van der Waals surface area contributed by atoms with Crippen molar-refractivity contribution in [2.24, 2.45) is 0 Å². The Labute approximate surface area is 146 Å². The van der Waals surface area contributed by atoms with Gasteiger partial charge in [-0.1, -0.05) is 48.9 Å². The van der Waals surface area contributed by atoms with Gasteiger partial charge in [0.2, 0.25) is 10.0 Å². The van der Waals surface area contributed by atoms with E-state index in [1.165, 1.54) is 25.3 Å². The summed E-state index contributed by atoms with van der Waals surface area (Å²) in [5, 5.41) is 0.135. The van der Waals surface area contributed by atoms with E-state index in [9.17, 15) is 13.2 Å². The SMILES string of the molecule is CC[C@@H](NS(=O)(=O)c1ccc(Cl)c(C(=O)OC)c1)c1ccccc1. The third-order valence-electron chi connectivity index (χ3n) is 3.56. The van der Waals surface area contributed by atoms with E-state index in [2.05, 4.69) is 9.46 Å². The minimum absolute atomic E-state index is 0.00908. The Balaban J connectivity index is 2.35. The van der Waals surface area contributed by atoms with E-state index in [0.29, 0.717) is 6.42 Å². The highest BCUT2D eigenvalue weighted by atomic mass is 35.5. The topological polar surface area (TPSA) is 72.5 Å². The molecule has 7 heteroatoms. The van der Waals surface area contributed by atoms with Crippen molar-refractivity contribution in [3.8, 4) is 0 Å². The second kappa shape index (κ2) is 7.79. The highest BCUT2D eigenvalue weighted by Crippen LogP contribution is 2.24. The molecule has 1 N–H and O–H groups in total. The first-order valence-electron chi connectivity index (χ1n) is 7.34. The fraction of sp³-hybridized carbons (Fsp3) is 0.235. The van der Waals surface area contributed by atoms with E-state index >= 15 is 0 Å². The summed E-state index contributed by atoms with van der Waals surface area (Å²) in [4.78, 5) is 11.7. The van der Waals surface area contributed by atoms with Gasteiger partial charge in [0.15, 0.2) is 0 Å². The lowest BCUT2D eigenvalue weighted by Gasteiger charge is -2.18. The molecule has 0 radical (unpaired) electrons. The van der Waals surface area contributed by atoms with Gasteiger partial charge in [-0.15, -0.1) is 0 Å². The Morgan fingerprint density at radius 3 is 2.46 bits per heavy atom. The molecule has 5 nitrogen and oxygen atoms in total. The second-order valence-corrected chi connectivity index (χ2v) is 7.25. The molecule has 2 rings (SSSR count). The van der Waals surface area contributed by atoms with Gasteiger partial charge in [-0.2, -0.15) is 0 Å². The summed E-state index contributed by atoms with van der Waals surface area (Å²) in [6, 6.07) is 12.9. The summed E-state index contributed by atoms with van der Waals surface area (Å²) in [5.41, 5.74) is 0.875. The number of carbonyl (C=O) groups excluding carboxylic acids is 1. The van der Waals surface area contributed by atoms with Gasteiger partial charge in [-0.05, 0) is 30.2 Å². The van der Waals surface area contributed by atoms with Crippen molar-refractivity contribution < 1.29 is 17.9 Å². The van der Waals surface area contributed by atoms with Crippen LogP contribution in [0.15, 0.2) is 53.4 Å². The third-order valence-corrected chi connectivity index (χ3v) is 5.36. The lowest BCUT2D eigenvalue weighted by atomic mass is 10.1. The summed E-state index contributed by atoms with van der Waals surface area (Å²) in [7, 11) is -2.61. The zero-order valence-corrected chi connectivity index (χ0v) is 14.9. The first-order valence-corrected chi connectivity index (χ1v) is 9.20. The molecule has 2 aromatic rings. The molecule has 0 unspecified atom stereocenters. The molecule has 2 aromatic carbocycles. The van der Waals surface area contributed by atoms with Crippen LogP contribution >= 0.6 is 11.6 Å². The molecule has 0 bridgehead atoms. The molecular formula is C17H18ClNO4S. The van der Waals surface area contributed by atoms with E-state index in [1.807, 2.05) is 37.3 Å². The van der Waals surface area contributed by atoms with Crippen molar-refractivity contribution in [2.75, 3.05) is 7.11 Å². The number of sulfonamides is 1. The third kappa shape index (κ3) is 4.14. The standard InChI is InChI=1S/C17H18ClNO4S/c1-3-16(12-7-5-4-6-8-12)19-24(21,22)13-9-10-15(18)14(11-13)17(20)23-2/h4-11,16,19H,3H2,1-2H3/t16-/m1/s1. The lowest BCUT2D eigenvalue weighted by molar-refractivity contribution is 0.0600. The number of methoxy groups -OCH3 is 1. The monoisotopic (exact) mass is 367 g/mol. The fourth-order valence-electron chi connectivity index (χ4n) is 2.27. The van der Waals surface area contributed by atoms with Crippen molar-refractivity contribution in [1.29, 1.82) is 0 Å². The molecule has 0 fully saturated rings. The number of rotatable bonds is 6. The number of ether oxygens (including phenoxy) is 1. The zero-order chi connectivity index (χ0) is 17.7. The van der Waals surface area contributed by atoms with Crippen LogP contribution in [0.1, 0.15) is 35.3 Å². The number of halogens is 1. The summed E-state index contributed by atoms with van der Waals surface area (Å²) >= 11 is 5.93. The van der Waals surface area contributed by atoms with Crippen LogP contribution in [0.25, 0.3) is 0 Å². The Kier molecular flexibility index (Phi) is 5.99. The minimum Gasteiger partial charge on any atom is -0.465 e. The summed E-state index contributed by atoms with van der Waals surface area (Å²) in [6.07, 6.45) is 0.584. The Hall–Kier alpha value is -1.89. The molecule has 0 amide bonds. The van der Waals surface area contributed by atoms with Crippen LogP contribution in [0.5, 0.6) is 0 Å². The highest BCUT2D eigenvalue weighted by Gasteiger charge is 2.22. The molecule has 128 valence electrons. The van der Waals surface area contributed by atoms with Crippen LogP contribution in [0.2, 0.25) is 5.02 Å². The second-order valence-electron chi connectivity index (χ2n) is 5.13. The predicted octanol–water partition coefficient (Wildman–Crippen LogP) is 3.56. The van der Waals surface area contributed by atoms with E-state index in [1.54, 1.807) is 0 Å². The van der Waals surface area contributed by atoms with Crippen molar-refractivity contribution in [3.63, 3.8) is 0 Å². The normalized spacial score (nSPS) is 12.6. The molecule has 24 heavy (non-hydrogen) atoms. The predicted molar refractivity (Wildman–Crippen MR) is 92.6 cm³/mol. The lowest BCUT2D eigenvalue weighted by Crippen LogP contribution is -2.28. The quantitative estimate of drug-likeness (QED) is 0.792. The van der Waals surface area contributed by atoms with Crippen molar-refractivity contribution >= 4 is 27.6 Å². The van der Waals surface area contributed by atoms with Crippen LogP contribution in [0.4, 0.5) is 0 Å². The van der Waals surface area contributed by atoms with Crippen LogP contribution < -0.4 is 4.72 Å². The molecule has 0 saturated heterocycles. The van der Waals surface area contributed by atoms with Gasteiger partial charge in [-0.3, -0.25) is 0 Å². The van der Waals surface area contributed by atoms with E-state index in [4.69, 9.17) is 11.6 Å². The zero-order valence-electron chi connectivity index (χ0n) is 13.3. The van der Waals surface area contributed by atoms with Crippen LogP contribution in [-0.2, 0) is 14.8 Å². The summed E-state index contributed by atoms with van der Waals surface area (Å²) in [5.74, 6) is -0.688. The number of benzene rings is 2. The van der Waals surface area contributed by atoms with Gasteiger partial charge >= 0.3 is 5.97 Å². The van der Waals surface area contributed by atoms with Crippen molar-refractivity contribution in [1.82, 2.24) is 4.72 Å². The van der Waals surface area contributed by atoms with E-state index in [-0.39, 0.29) is 21.5 Å². The van der Waals surface area contributed by atoms with Gasteiger partial charge in [0.25, 0.3) is 0 Å². The maximum absolute atomic E-state index is 12.6. The van der Waals surface area contributed by atoms with Crippen molar-refractivity contribution in [3.05, 3.63) is 64.7 Å². The molecule has 0 heterocycles. The van der Waals surface area contributed by atoms with Gasteiger partial charge in [0.05, 0.1) is 22.6 Å². The Bertz CT molecular complexity index is 822.